The number of anilines is 2. The van der Waals surface area contributed by atoms with Crippen molar-refractivity contribution in [3.05, 3.63) is 51.7 Å². The quantitative estimate of drug-likeness (QED) is 0.642. The summed E-state index contributed by atoms with van der Waals surface area (Å²) in [7, 11) is 0. The molecule has 1 heterocycles. The van der Waals surface area contributed by atoms with Crippen molar-refractivity contribution in [2.75, 3.05) is 11.1 Å². The van der Waals surface area contributed by atoms with Gasteiger partial charge in [-0.2, -0.15) is 0 Å². The van der Waals surface area contributed by atoms with Crippen LogP contribution in [0.5, 0.6) is 0 Å². The molecule has 2 aromatic rings. The lowest BCUT2D eigenvalue weighted by Crippen LogP contribution is -2.27. The lowest BCUT2D eigenvalue weighted by Gasteiger charge is -2.16. The molecule has 3 rings (SSSR count). The highest BCUT2D eigenvalue weighted by Gasteiger charge is 2.51. The molecule has 6 heteroatoms. The van der Waals surface area contributed by atoms with Gasteiger partial charge in [-0.15, -0.1) is 0 Å². The van der Waals surface area contributed by atoms with Gasteiger partial charge in [0, 0.05) is 5.69 Å². The van der Waals surface area contributed by atoms with E-state index < -0.39 is 5.41 Å². The van der Waals surface area contributed by atoms with Crippen molar-refractivity contribution in [3.63, 3.8) is 0 Å². The second kappa shape index (κ2) is 5.31. The van der Waals surface area contributed by atoms with Crippen LogP contribution in [0.15, 0.2) is 41.0 Å². The van der Waals surface area contributed by atoms with Gasteiger partial charge in [0.25, 0.3) is 0 Å². The Morgan fingerprint density at radius 3 is 2.57 bits per heavy atom. The van der Waals surface area contributed by atoms with Gasteiger partial charge in [0.1, 0.15) is 5.15 Å². The summed E-state index contributed by atoms with van der Waals surface area (Å²) in [6.45, 7) is 0. The number of nitrogens with two attached hydrogens (primary N) is 1. The first kappa shape index (κ1) is 14.4. The third-order valence-electron chi connectivity index (χ3n) is 3.70. The van der Waals surface area contributed by atoms with Crippen LogP contribution in [-0.2, 0) is 10.2 Å². The van der Waals surface area contributed by atoms with Gasteiger partial charge in [0.05, 0.1) is 21.8 Å². The lowest BCUT2D eigenvalue weighted by molar-refractivity contribution is -0.118. The van der Waals surface area contributed by atoms with Crippen LogP contribution >= 0.6 is 27.5 Å². The predicted octanol–water partition coefficient (Wildman–Crippen LogP) is 3.75. The monoisotopic (exact) mass is 365 g/mol. The summed E-state index contributed by atoms with van der Waals surface area (Å²) in [6.07, 6.45) is 3.22. The second-order valence-corrected chi connectivity index (χ2v) is 6.37. The van der Waals surface area contributed by atoms with E-state index in [-0.39, 0.29) is 5.91 Å². The van der Waals surface area contributed by atoms with E-state index in [1.54, 1.807) is 12.3 Å². The molecule has 1 aromatic carbocycles. The smallest absolute Gasteiger partial charge is 0.235 e. The first-order chi connectivity index (χ1) is 10.0. The number of carbonyl (C=O) groups is 1. The molecule has 21 heavy (non-hydrogen) atoms. The van der Waals surface area contributed by atoms with Crippen LogP contribution in [0.25, 0.3) is 0 Å². The molecule has 1 amide bonds. The largest absolute Gasteiger partial charge is 0.399 e. The normalized spacial score (nSPS) is 15.5. The molecule has 0 saturated heterocycles. The third-order valence-corrected chi connectivity index (χ3v) is 4.84. The zero-order valence-electron chi connectivity index (χ0n) is 11.1. The van der Waals surface area contributed by atoms with E-state index in [0.29, 0.717) is 21.0 Å². The highest BCUT2D eigenvalue weighted by molar-refractivity contribution is 9.10. The van der Waals surface area contributed by atoms with Crippen LogP contribution in [0.2, 0.25) is 5.15 Å². The van der Waals surface area contributed by atoms with E-state index in [2.05, 4.69) is 26.2 Å². The average molecular weight is 367 g/mol. The molecule has 1 saturated carbocycles. The summed E-state index contributed by atoms with van der Waals surface area (Å²) in [5.74, 6) is -0.0247. The molecule has 0 aliphatic heterocycles. The summed E-state index contributed by atoms with van der Waals surface area (Å²) < 4.78 is 0.652. The summed E-state index contributed by atoms with van der Waals surface area (Å²) in [5.41, 5.74) is 7.56. The summed E-state index contributed by atoms with van der Waals surface area (Å²) >= 11 is 9.14. The highest BCUT2D eigenvalue weighted by atomic mass is 79.9. The number of benzene rings is 1. The molecule has 0 atom stereocenters. The zero-order valence-corrected chi connectivity index (χ0v) is 13.4. The van der Waals surface area contributed by atoms with Crippen LogP contribution < -0.4 is 11.1 Å². The van der Waals surface area contributed by atoms with Crippen molar-refractivity contribution in [1.29, 1.82) is 0 Å². The molecule has 0 radical (unpaired) electrons. The maximum atomic E-state index is 12.6. The van der Waals surface area contributed by atoms with Crippen LogP contribution in [0.1, 0.15) is 18.4 Å². The van der Waals surface area contributed by atoms with Crippen molar-refractivity contribution in [2.24, 2.45) is 0 Å². The maximum absolute atomic E-state index is 12.6. The third kappa shape index (κ3) is 2.76. The van der Waals surface area contributed by atoms with E-state index in [4.69, 9.17) is 17.3 Å². The van der Waals surface area contributed by atoms with Gasteiger partial charge in [-0.25, -0.2) is 4.98 Å². The Balaban J connectivity index is 1.81. The van der Waals surface area contributed by atoms with Gasteiger partial charge >= 0.3 is 0 Å². The minimum atomic E-state index is -0.445. The molecular formula is C15H13BrClN3O. The number of pyridine rings is 1. The Morgan fingerprint density at radius 1 is 1.33 bits per heavy atom. The van der Waals surface area contributed by atoms with Gasteiger partial charge in [0.2, 0.25) is 5.91 Å². The molecule has 0 spiro atoms. The zero-order chi connectivity index (χ0) is 15.0. The summed E-state index contributed by atoms with van der Waals surface area (Å²) in [4.78, 5) is 16.6. The number of nitrogens with one attached hydrogen (secondary N) is 1. The van der Waals surface area contributed by atoms with Gasteiger partial charge in [0.15, 0.2) is 0 Å². The van der Waals surface area contributed by atoms with Crippen molar-refractivity contribution in [1.82, 2.24) is 4.98 Å². The van der Waals surface area contributed by atoms with Crippen molar-refractivity contribution in [3.8, 4) is 0 Å². The number of rotatable bonds is 3. The second-order valence-electron chi connectivity index (χ2n) is 5.15. The number of nitrogen functional groups attached to an aromatic ring is 1. The van der Waals surface area contributed by atoms with E-state index >= 15 is 0 Å². The van der Waals surface area contributed by atoms with E-state index in [1.807, 2.05) is 24.3 Å². The minimum Gasteiger partial charge on any atom is -0.399 e. The molecule has 1 aliphatic rings. The molecule has 0 unspecified atom stereocenters. The highest BCUT2D eigenvalue weighted by Crippen LogP contribution is 2.49. The maximum Gasteiger partial charge on any atom is 0.235 e. The molecule has 0 bridgehead atoms. The standard InChI is InChI=1S/C15H13BrClN3O/c16-12-7-11(8-19-13(12)17)20-14(21)15(5-6-15)9-1-3-10(18)4-2-9/h1-4,7-8H,5-6,18H2,(H,20,21). The van der Waals surface area contributed by atoms with E-state index in [0.717, 1.165) is 18.4 Å². The number of aromatic nitrogens is 1. The predicted molar refractivity (Wildman–Crippen MR) is 87.3 cm³/mol. The number of halogens is 2. The van der Waals surface area contributed by atoms with Gasteiger partial charge < -0.3 is 11.1 Å². The lowest BCUT2D eigenvalue weighted by atomic mass is 9.94. The molecule has 1 fully saturated rings. The Labute approximate surface area is 135 Å². The van der Waals surface area contributed by atoms with E-state index in [1.165, 1.54) is 0 Å². The van der Waals surface area contributed by atoms with Crippen LogP contribution in [0, 0.1) is 0 Å². The Kier molecular flexibility index (Phi) is 3.63. The Morgan fingerprint density at radius 2 is 2.00 bits per heavy atom. The number of carbonyl (C=O) groups excluding carboxylic acids is 1. The van der Waals surface area contributed by atoms with Crippen molar-refractivity contribution in [2.45, 2.75) is 18.3 Å². The average Bonchev–Trinajstić information content (AvgIpc) is 3.25. The van der Waals surface area contributed by atoms with Gasteiger partial charge in [-0.3, -0.25) is 4.79 Å². The molecular weight excluding hydrogens is 354 g/mol. The van der Waals surface area contributed by atoms with Gasteiger partial charge in [-0.05, 0) is 52.5 Å². The number of nitrogens with zero attached hydrogens (tertiary/aromatic N) is 1. The molecule has 108 valence electrons. The first-order valence-corrected chi connectivity index (χ1v) is 7.67. The van der Waals surface area contributed by atoms with Crippen LogP contribution in [-0.4, -0.2) is 10.9 Å². The topological polar surface area (TPSA) is 68.0 Å². The fourth-order valence-electron chi connectivity index (χ4n) is 2.31. The fourth-order valence-corrected chi connectivity index (χ4v) is 2.77. The van der Waals surface area contributed by atoms with Crippen molar-refractivity contribution >= 4 is 44.8 Å². The summed E-state index contributed by atoms with van der Waals surface area (Å²) in [6, 6.07) is 9.22. The van der Waals surface area contributed by atoms with Gasteiger partial charge in [-0.1, -0.05) is 23.7 Å². The first-order valence-electron chi connectivity index (χ1n) is 6.50. The fraction of sp³-hybridized carbons (Fsp3) is 0.200. The number of hydrogen-bond donors (Lipinski definition) is 2. The molecule has 1 aliphatic carbocycles. The summed E-state index contributed by atoms with van der Waals surface area (Å²) in [5, 5.41) is 3.27. The van der Waals surface area contributed by atoms with Crippen LogP contribution in [0.3, 0.4) is 0 Å². The molecule has 4 nitrogen and oxygen atoms in total. The minimum absolute atomic E-state index is 0.0247. The van der Waals surface area contributed by atoms with Crippen LogP contribution in [0.4, 0.5) is 11.4 Å². The SMILES string of the molecule is Nc1ccc(C2(C(=O)Nc3cnc(Cl)c(Br)c3)CC2)cc1. The van der Waals surface area contributed by atoms with Crippen molar-refractivity contribution < 1.29 is 4.79 Å². The Bertz CT molecular complexity index is 699. The molecule has 3 N–H and O–H groups in total. The van der Waals surface area contributed by atoms with E-state index in [9.17, 15) is 4.79 Å². The number of amides is 1. The Hall–Kier alpha value is -1.59. The number of hydrogen-bond acceptors (Lipinski definition) is 3. The molecule has 1 aromatic heterocycles.